The van der Waals surface area contributed by atoms with Gasteiger partial charge in [-0.2, -0.15) is 0 Å². The van der Waals surface area contributed by atoms with E-state index in [-0.39, 0.29) is 23.9 Å². The highest BCUT2D eigenvalue weighted by Crippen LogP contribution is 2.28. The Morgan fingerprint density at radius 3 is 2.76 bits per heavy atom. The van der Waals surface area contributed by atoms with Gasteiger partial charge in [0.05, 0.1) is 12.1 Å². The highest BCUT2D eigenvalue weighted by Gasteiger charge is 2.44. The second kappa shape index (κ2) is 5.48. The van der Waals surface area contributed by atoms with Gasteiger partial charge in [-0.1, -0.05) is 30.3 Å². The van der Waals surface area contributed by atoms with Crippen molar-refractivity contribution in [2.24, 2.45) is 0 Å². The van der Waals surface area contributed by atoms with Crippen LogP contribution in [0, 0.1) is 0 Å². The van der Waals surface area contributed by atoms with Crippen LogP contribution in [0.15, 0.2) is 30.3 Å². The minimum Gasteiger partial charge on any atom is -0.379 e. The molecule has 2 heterocycles. The van der Waals surface area contributed by atoms with E-state index in [1.54, 1.807) is 4.90 Å². The molecular weight excluding hydrogens is 268 g/mol. The lowest BCUT2D eigenvalue weighted by Crippen LogP contribution is -2.65. The normalized spacial score (nSPS) is 29.6. The number of piperazine rings is 1. The number of nitrogens with zero attached hydrogens (tertiary/aromatic N) is 1. The van der Waals surface area contributed by atoms with Crippen molar-refractivity contribution in [2.45, 2.75) is 31.3 Å². The van der Waals surface area contributed by atoms with Crippen molar-refractivity contribution in [1.29, 1.82) is 0 Å². The van der Waals surface area contributed by atoms with Crippen LogP contribution >= 0.6 is 0 Å². The molecule has 0 saturated carbocycles. The van der Waals surface area contributed by atoms with E-state index in [1.165, 1.54) is 0 Å². The van der Waals surface area contributed by atoms with Crippen LogP contribution in [-0.2, 0) is 20.7 Å². The van der Waals surface area contributed by atoms with Gasteiger partial charge in [-0.3, -0.25) is 9.59 Å². The average molecular weight is 288 g/mol. The van der Waals surface area contributed by atoms with Crippen LogP contribution in [0.4, 0.5) is 0 Å². The van der Waals surface area contributed by atoms with Crippen LogP contribution < -0.4 is 5.32 Å². The van der Waals surface area contributed by atoms with E-state index in [1.807, 2.05) is 37.3 Å². The van der Waals surface area contributed by atoms with Gasteiger partial charge in [0.15, 0.2) is 0 Å². The van der Waals surface area contributed by atoms with Gasteiger partial charge in [0, 0.05) is 13.0 Å². The van der Waals surface area contributed by atoms with Crippen molar-refractivity contribution in [3.05, 3.63) is 35.9 Å². The second-order valence-electron chi connectivity index (χ2n) is 6.03. The molecular formula is C16H20N2O3. The van der Waals surface area contributed by atoms with E-state index in [9.17, 15) is 9.59 Å². The number of rotatable bonds is 3. The Morgan fingerprint density at radius 1 is 1.33 bits per heavy atom. The molecule has 0 bridgehead atoms. The van der Waals surface area contributed by atoms with E-state index in [0.717, 1.165) is 12.0 Å². The first-order valence-corrected chi connectivity index (χ1v) is 7.31. The molecule has 0 spiro atoms. The van der Waals surface area contributed by atoms with Crippen LogP contribution in [0.2, 0.25) is 0 Å². The van der Waals surface area contributed by atoms with Crippen LogP contribution in [0.25, 0.3) is 0 Å². The van der Waals surface area contributed by atoms with Gasteiger partial charge in [-0.25, -0.2) is 0 Å². The number of nitrogens with one attached hydrogen (secondary N) is 1. The van der Waals surface area contributed by atoms with E-state index < -0.39 is 6.04 Å². The average Bonchev–Trinajstić information content (AvgIpc) is 2.91. The quantitative estimate of drug-likeness (QED) is 0.892. The molecule has 0 aliphatic carbocycles. The summed E-state index contributed by atoms with van der Waals surface area (Å²) in [5.74, 6) is -0.102. The molecule has 2 aliphatic rings. The summed E-state index contributed by atoms with van der Waals surface area (Å²) in [5.41, 5.74) is 0.690. The van der Waals surface area contributed by atoms with E-state index in [0.29, 0.717) is 19.6 Å². The largest absolute Gasteiger partial charge is 0.379 e. The van der Waals surface area contributed by atoms with Crippen molar-refractivity contribution < 1.29 is 14.3 Å². The summed E-state index contributed by atoms with van der Waals surface area (Å²) in [6.45, 7) is 3.27. The maximum absolute atomic E-state index is 12.7. The molecule has 21 heavy (non-hydrogen) atoms. The first kappa shape index (κ1) is 14.1. The van der Waals surface area contributed by atoms with Crippen molar-refractivity contribution in [1.82, 2.24) is 10.2 Å². The molecule has 3 rings (SSSR count). The molecule has 2 saturated heterocycles. The van der Waals surface area contributed by atoms with Gasteiger partial charge >= 0.3 is 0 Å². The van der Waals surface area contributed by atoms with Crippen LogP contribution in [0.3, 0.4) is 0 Å². The van der Waals surface area contributed by atoms with E-state index >= 15 is 0 Å². The van der Waals surface area contributed by atoms with Crippen molar-refractivity contribution in [3.8, 4) is 0 Å². The Kier molecular flexibility index (Phi) is 3.68. The van der Waals surface area contributed by atoms with Gasteiger partial charge in [0.1, 0.15) is 12.6 Å². The molecule has 2 amide bonds. The van der Waals surface area contributed by atoms with Gasteiger partial charge in [-0.05, 0) is 18.9 Å². The third-order valence-electron chi connectivity index (χ3n) is 4.33. The molecule has 112 valence electrons. The maximum Gasteiger partial charge on any atom is 0.246 e. The second-order valence-corrected chi connectivity index (χ2v) is 6.03. The first-order chi connectivity index (χ1) is 10.1. The number of hydrogen-bond acceptors (Lipinski definition) is 3. The number of carbonyl (C=O) groups is 2. The molecule has 0 radical (unpaired) electrons. The highest BCUT2D eigenvalue weighted by molar-refractivity contribution is 5.95. The summed E-state index contributed by atoms with van der Waals surface area (Å²) < 4.78 is 5.42. The molecule has 2 atom stereocenters. The minimum absolute atomic E-state index is 0.00791. The smallest absolute Gasteiger partial charge is 0.246 e. The summed E-state index contributed by atoms with van der Waals surface area (Å²) in [4.78, 5) is 26.4. The predicted octanol–water partition coefficient (Wildman–Crippen LogP) is 0.735. The lowest BCUT2D eigenvalue weighted by atomic mass is 9.94. The van der Waals surface area contributed by atoms with Crippen molar-refractivity contribution in [2.75, 3.05) is 19.8 Å². The zero-order valence-corrected chi connectivity index (χ0v) is 12.2. The predicted molar refractivity (Wildman–Crippen MR) is 77.6 cm³/mol. The van der Waals surface area contributed by atoms with Crippen LogP contribution in [0.5, 0.6) is 0 Å². The maximum atomic E-state index is 12.7. The van der Waals surface area contributed by atoms with Crippen LogP contribution in [-0.4, -0.2) is 48.1 Å². The molecule has 1 N–H and O–H groups in total. The van der Waals surface area contributed by atoms with Gasteiger partial charge in [0.2, 0.25) is 11.8 Å². The molecule has 5 nitrogen and oxygen atoms in total. The molecule has 0 aromatic heterocycles. The number of amides is 2. The fraction of sp³-hybridized carbons (Fsp3) is 0.500. The van der Waals surface area contributed by atoms with E-state index in [2.05, 4.69) is 5.32 Å². The standard InChI is InChI=1S/C16H20N2O3/c1-16(7-8-21-11-16)18-10-14(19)17-13(15(18)20)9-12-5-3-2-4-6-12/h2-6,13H,7-11H2,1H3,(H,17,19). The summed E-state index contributed by atoms with van der Waals surface area (Å²) in [7, 11) is 0. The molecule has 2 aliphatic heterocycles. The van der Waals surface area contributed by atoms with Gasteiger partial charge in [0.25, 0.3) is 0 Å². The summed E-state index contributed by atoms with van der Waals surface area (Å²) in [5, 5.41) is 2.81. The fourth-order valence-electron chi connectivity index (χ4n) is 3.03. The number of carbonyl (C=O) groups excluding carboxylic acids is 2. The number of benzene rings is 1. The minimum atomic E-state index is -0.480. The molecule has 2 unspecified atom stereocenters. The lowest BCUT2D eigenvalue weighted by molar-refractivity contribution is -0.150. The van der Waals surface area contributed by atoms with Crippen LogP contribution in [0.1, 0.15) is 18.9 Å². The zero-order valence-electron chi connectivity index (χ0n) is 12.2. The van der Waals surface area contributed by atoms with Gasteiger partial charge < -0.3 is 15.0 Å². The SMILES string of the molecule is CC1(N2CC(=O)NC(Cc3ccccc3)C2=O)CCOC1. The lowest BCUT2D eigenvalue weighted by Gasteiger charge is -2.42. The third kappa shape index (κ3) is 2.78. The topological polar surface area (TPSA) is 58.6 Å². The Labute approximate surface area is 124 Å². The first-order valence-electron chi connectivity index (χ1n) is 7.31. The Morgan fingerprint density at radius 2 is 2.10 bits per heavy atom. The van der Waals surface area contributed by atoms with Crippen molar-refractivity contribution in [3.63, 3.8) is 0 Å². The summed E-state index contributed by atoms with van der Waals surface area (Å²) in [6.07, 6.45) is 1.31. The summed E-state index contributed by atoms with van der Waals surface area (Å²) >= 11 is 0. The highest BCUT2D eigenvalue weighted by atomic mass is 16.5. The Bertz CT molecular complexity index is 538. The fourth-order valence-corrected chi connectivity index (χ4v) is 3.03. The summed E-state index contributed by atoms with van der Waals surface area (Å²) in [6, 6.07) is 9.28. The molecule has 1 aromatic rings. The number of hydrogen-bond donors (Lipinski definition) is 1. The third-order valence-corrected chi connectivity index (χ3v) is 4.33. The molecule has 5 heteroatoms. The number of ether oxygens (including phenoxy) is 1. The van der Waals surface area contributed by atoms with E-state index in [4.69, 9.17) is 4.74 Å². The molecule has 1 aromatic carbocycles. The Hall–Kier alpha value is -1.88. The monoisotopic (exact) mass is 288 g/mol. The molecule has 2 fully saturated rings. The van der Waals surface area contributed by atoms with Crippen molar-refractivity contribution >= 4 is 11.8 Å². The Balaban J connectivity index is 1.78. The zero-order chi connectivity index (χ0) is 14.9. The van der Waals surface area contributed by atoms with Gasteiger partial charge in [-0.15, -0.1) is 0 Å².